The van der Waals surface area contributed by atoms with Gasteiger partial charge in [0.1, 0.15) is 11.0 Å². The van der Waals surface area contributed by atoms with Crippen molar-refractivity contribution in [2.75, 3.05) is 10.6 Å². The average Bonchev–Trinajstić information content (AvgIpc) is 2.84. The highest BCUT2D eigenvalue weighted by molar-refractivity contribution is 7.92. The highest BCUT2D eigenvalue weighted by Crippen LogP contribution is 2.34. The Morgan fingerprint density at radius 1 is 1.00 bits per heavy atom. The Labute approximate surface area is 215 Å². The molecule has 9 heteroatoms. The Kier molecular flexibility index (Phi) is 8.55. The Bertz CT molecular complexity index is 1400. The van der Waals surface area contributed by atoms with Gasteiger partial charge in [0, 0.05) is 11.6 Å². The van der Waals surface area contributed by atoms with Crippen LogP contribution in [0.25, 0.3) is 6.08 Å². The molecule has 0 saturated heterocycles. The average molecular weight is 527 g/mol. The van der Waals surface area contributed by atoms with E-state index in [9.17, 15) is 23.1 Å². The zero-order chi connectivity index (χ0) is 26.5. The molecule has 0 saturated carbocycles. The molecular weight excluding hydrogens is 500 g/mol. The number of halogens is 1. The fourth-order valence-electron chi connectivity index (χ4n) is 3.49. The summed E-state index contributed by atoms with van der Waals surface area (Å²) in [5, 5.41) is 14.2. The third-order valence-corrected chi connectivity index (χ3v) is 8.06. The number of aromatic hydroxyl groups is 1. The van der Waals surface area contributed by atoms with Crippen molar-refractivity contribution in [2.24, 2.45) is 0 Å². The molecule has 0 aliphatic heterocycles. The first-order valence-corrected chi connectivity index (χ1v) is 13.1. The molecule has 3 aromatic carbocycles. The van der Waals surface area contributed by atoms with E-state index in [-0.39, 0.29) is 33.5 Å². The van der Waals surface area contributed by atoms with E-state index in [4.69, 9.17) is 11.6 Å². The molecule has 2 amide bonds. The fourth-order valence-corrected chi connectivity index (χ4v) is 5.35. The van der Waals surface area contributed by atoms with Crippen molar-refractivity contribution < 1.29 is 23.1 Å². The van der Waals surface area contributed by atoms with Gasteiger partial charge >= 0.3 is 0 Å². The standard InChI is InChI=1S/C27H27ClN2O5S/c1-4-25(36(34,35)20-8-6-5-7-9-20)27(33)29-22-16-24(31)23(15-21(22)28)30-26(32)18(3)14-19-12-10-17(2)11-13-19/h5-16,25,31H,4H2,1-3H3,(H,29,33)(H,30,32)/b18-14-. The van der Waals surface area contributed by atoms with Crippen molar-refractivity contribution in [1.29, 1.82) is 0 Å². The zero-order valence-electron chi connectivity index (χ0n) is 20.1. The lowest BCUT2D eigenvalue weighted by atomic mass is 10.1. The molecule has 36 heavy (non-hydrogen) atoms. The molecule has 0 aliphatic carbocycles. The summed E-state index contributed by atoms with van der Waals surface area (Å²) in [6.07, 6.45) is 1.74. The summed E-state index contributed by atoms with van der Waals surface area (Å²) in [4.78, 5) is 25.5. The van der Waals surface area contributed by atoms with E-state index >= 15 is 0 Å². The van der Waals surface area contributed by atoms with Gasteiger partial charge < -0.3 is 15.7 Å². The first-order valence-electron chi connectivity index (χ1n) is 11.2. The SMILES string of the molecule is CCC(C(=O)Nc1cc(O)c(NC(=O)/C(C)=C\c2ccc(C)cc2)cc1Cl)S(=O)(=O)c1ccccc1. The van der Waals surface area contributed by atoms with Gasteiger partial charge in [-0.25, -0.2) is 8.42 Å². The van der Waals surface area contributed by atoms with Gasteiger partial charge in [0.15, 0.2) is 9.84 Å². The van der Waals surface area contributed by atoms with Crippen LogP contribution in [0.15, 0.2) is 77.2 Å². The summed E-state index contributed by atoms with van der Waals surface area (Å²) < 4.78 is 25.9. The second kappa shape index (κ2) is 11.4. The molecule has 0 bridgehead atoms. The number of rotatable bonds is 8. The summed E-state index contributed by atoms with van der Waals surface area (Å²) in [5.41, 5.74) is 2.42. The van der Waals surface area contributed by atoms with Crippen LogP contribution in [0.5, 0.6) is 5.75 Å². The molecule has 0 radical (unpaired) electrons. The van der Waals surface area contributed by atoms with E-state index < -0.39 is 26.9 Å². The van der Waals surface area contributed by atoms with Gasteiger partial charge in [-0.3, -0.25) is 9.59 Å². The predicted molar refractivity (Wildman–Crippen MR) is 143 cm³/mol. The van der Waals surface area contributed by atoms with Crippen molar-refractivity contribution in [3.63, 3.8) is 0 Å². The highest BCUT2D eigenvalue weighted by Gasteiger charge is 2.33. The Morgan fingerprint density at radius 3 is 2.25 bits per heavy atom. The number of aryl methyl sites for hydroxylation is 1. The smallest absolute Gasteiger partial charge is 0.251 e. The van der Waals surface area contributed by atoms with E-state index in [0.29, 0.717) is 5.57 Å². The second-order valence-corrected chi connectivity index (χ2v) is 10.8. The van der Waals surface area contributed by atoms with Crippen LogP contribution >= 0.6 is 11.6 Å². The van der Waals surface area contributed by atoms with Crippen LogP contribution in [0.4, 0.5) is 11.4 Å². The van der Waals surface area contributed by atoms with Gasteiger partial charge in [0.25, 0.3) is 5.91 Å². The number of sulfone groups is 1. The van der Waals surface area contributed by atoms with Gasteiger partial charge in [0.05, 0.1) is 21.3 Å². The number of benzene rings is 3. The van der Waals surface area contributed by atoms with Gasteiger partial charge in [-0.15, -0.1) is 0 Å². The zero-order valence-corrected chi connectivity index (χ0v) is 21.7. The third-order valence-electron chi connectivity index (χ3n) is 5.52. The minimum atomic E-state index is -3.94. The first-order chi connectivity index (χ1) is 17.0. The second-order valence-electron chi connectivity index (χ2n) is 8.29. The molecule has 0 heterocycles. The van der Waals surface area contributed by atoms with Gasteiger partial charge in [-0.2, -0.15) is 0 Å². The molecule has 188 valence electrons. The molecule has 0 aromatic heterocycles. The van der Waals surface area contributed by atoms with Crippen molar-refractivity contribution in [3.05, 3.63) is 88.5 Å². The molecular formula is C27H27ClN2O5S. The lowest BCUT2D eigenvalue weighted by molar-refractivity contribution is -0.116. The summed E-state index contributed by atoms with van der Waals surface area (Å²) in [7, 11) is -3.94. The Morgan fingerprint density at radius 2 is 1.64 bits per heavy atom. The van der Waals surface area contributed by atoms with Gasteiger partial charge in [0.2, 0.25) is 5.91 Å². The number of phenols is 1. The summed E-state index contributed by atoms with van der Waals surface area (Å²) in [5.74, 6) is -1.57. The van der Waals surface area contributed by atoms with Crippen LogP contribution in [-0.2, 0) is 19.4 Å². The van der Waals surface area contributed by atoms with Crippen molar-refractivity contribution >= 4 is 50.7 Å². The van der Waals surface area contributed by atoms with Crippen LogP contribution in [-0.4, -0.2) is 30.6 Å². The maximum atomic E-state index is 12.9. The monoisotopic (exact) mass is 526 g/mol. The summed E-state index contributed by atoms with van der Waals surface area (Å²) in [6.45, 7) is 5.20. The van der Waals surface area contributed by atoms with E-state index in [0.717, 1.165) is 17.2 Å². The number of hydrogen-bond acceptors (Lipinski definition) is 5. The molecule has 0 aliphatic rings. The first kappa shape index (κ1) is 27.0. The molecule has 0 spiro atoms. The topological polar surface area (TPSA) is 113 Å². The maximum Gasteiger partial charge on any atom is 0.251 e. The van der Waals surface area contributed by atoms with E-state index in [2.05, 4.69) is 10.6 Å². The van der Waals surface area contributed by atoms with Crippen molar-refractivity contribution in [3.8, 4) is 5.75 Å². The molecule has 7 nitrogen and oxygen atoms in total. The lowest BCUT2D eigenvalue weighted by Crippen LogP contribution is -2.34. The molecule has 3 aromatic rings. The van der Waals surface area contributed by atoms with Gasteiger partial charge in [-0.05, 0) is 50.1 Å². The van der Waals surface area contributed by atoms with Crippen LogP contribution in [0.3, 0.4) is 0 Å². The van der Waals surface area contributed by atoms with Crippen LogP contribution in [0, 0.1) is 6.92 Å². The molecule has 3 N–H and O–H groups in total. The summed E-state index contributed by atoms with van der Waals surface area (Å²) >= 11 is 6.29. The number of anilines is 2. The number of carbonyl (C=O) groups is 2. The lowest BCUT2D eigenvalue weighted by Gasteiger charge is -2.17. The van der Waals surface area contributed by atoms with Gasteiger partial charge in [-0.1, -0.05) is 66.6 Å². The van der Waals surface area contributed by atoms with E-state index in [1.165, 1.54) is 18.2 Å². The number of phenolic OH excluding ortho intramolecular Hbond substituents is 1. The minimum Gasteiger partial charge on any atom is -0.506 e. The van der Waals surface area contributed by atoms with E-state index in [1.807, 2.05) is 31.2 Å². The summed E-state index contributed by atoms with van der Waals surface area (Å²) in [6, 6.07) is 17.8. The third kappa shape index (κ3) is 6.33. The van der Waals surface area contributed by atoms with Crippen molar-refractivity contribution in [1.82, 2.24) is 0 Å². The Hall–Kier alpha value is -3.62. The number of carbonyl (C=O) groups excluding carboxylic acids is 2. The fraction of sp³-hybridized carbons (Fsp3) is 0.185. The normalized spacial score (nSPS) is 12.6. The maximum absolute atomic E-state index is 12.9. The molecule has 1 atom stereocenters. The van der Waals surface area contributed by atoms with Crippen LogP contribution in [0.2, 0.25) is 5.02 Å². The molecule has 1 unspecified atom stereocenters. The predicted octanol–water partition coefficient (Wildman–Crippen LogP) is 5.59. The number of nitrogens with one attached hydrogen (secondary N) is 2. The minimum absolute atomic E-state index is 0.0172. The quantitative estimate of drug-likeness (QED) is 0.262. The van der Waals surface area contributed by atoms with Crippen LogP contribution < -0.4 is 10.6 Å². The van der Waals surface area contributed by atoms with Crippen LogP contribution in [0.1, 0.15) is 31.4 Å². The van der Waals surface area contributed by atoms with Crippen molar-refractivity contribution in [2.45, 2.75) is 37.3 Å². The molecule has 3 rings (SSSR count). The number of amides is 2. The van der Waals surface area contributed by atoms with E-state index in [1.54, 1.807) is 38.1 Å². The number of hydrogen-bond donors (Lipinski definition) is 3. The Balaban J connectivity index is 1.77. The molecule has 0 fully saturated rings. The largest absolute Gasteiger partial charge is 0.506 e. The highest BCUT2D eigenvalue weighted by atomic mass is 35.5.